The molecule has 1 atom stereocenters. The van der Waals surface area contributed by atoms with Crippen molar-refractivity contribution >= 4 is 5.91 Å². The Morgan fingerprint density at radius 3 is 2.78 bits per heavy atom. The van der Waals surface area contributed by atoms with Crippen LogP contribution >= 0.6 is 0 Å². The summed E-state index contributed by atoms with van der Waals surface area (Å²) in [4.78, 5) is 14.4. The smallest absolute Gasteiger partial charge is 0.233 e. The fraction of sp³-hybridized carbons (Fsp3) is 0.722. The molecule has 126 valence electrons. The average molecular weight is 317 g/mol. The lowest BCUT2D eigenvalue weighted by Gasteiger charge is -2.32. The first kappa shape index (κ1) is 16.2. The molecule has 2 fully saturated rings. The lowest BCUT2D eigenvalue weighted by molar-refractivity contribution is -0.134. The Labute approximate surface area is 138 Å². The van der Waals surface area contributed by atoms with Crippen molar-refractivity contribution in [2.45, 2.75) is 64.4 Å². The molecule has 1 unspecified atom stereocenters. The average Bonchev–Trinajstić information content (AvgIpc) is 3.08. The standard InChI is InChI=1S/C18H27N3O2/c1-14-8-10-17(20-19-14)23-16-7-4-12-21(13-16)18(22)11-9-15-5-2-3-6-15/h8,10,15-16H,2-7,9,11-13H2,1H3. The normalized spacial score (nSPS) is 22.3. The van der Waals surface area contributed by atoms with Crippen LogP contribution in [0.25, 0.3) is 0 Å². The predicted molar refractivity (Wildman–Crippen MR) is 88.2 cm³/mol. The Morgan fingerprint density at radius 2 is 2.04 bits per heavy atom. The SMILES string of the molecule is Cc1ccc(OC2CCCN(C(=O)CCC3CCCC3)C2)nn1. The van der Waals surface area contributed by atoms with Gasteiger partial charge in [0.15, 0.2) is 0 Å². The zero-order valence-electron chi connectivity index (χ0n) is 14.0. The summed E-state index contributed by atoms with van der Waals surface area (Å²) in [6.45, 7) is 3.45. The Hall–Kier alpha value is -1.65. The molecule has 0 radical (unpaired) electrons. The minimum Gasteiger partial charge on any atom is -0.471 e. The van der Waals surface area contributed by atoms with Gasteiger partial charge in [-0.3, -0.25) is 4.79 Å². The van der Waals surface area contributed by atoms with Gasteiger partial charge < -0.3 is 9.64 Å². The van der Waals surface area contributed by atoms with Crippen LogP contribution in [0.15, 0.2) is 12.1 Å². The maximum atomic E-state index is 12.4. The van der Waals surface area contributed by atoms with Gasteiger partial charge in [-0.05, 0) is 38.2 Å². The van der Waals surface area contributed by atoms with Crippen LogP contribution in [-0.4, -0.2) is 40.2 Å². The summed E-state index contributed by atoms with van der Waals surface area (Å²) in [5, 5.41) is 8.07. The van der Waals surface area contributed by atoms with E-state index in [1.807, 2.05) is 24.0 Å². The number of piperidine rings is 1. The molecule has 2 heterocycles. The van der Waals surface area contributed by atoms with E-state index in [1.54, 1.807) is 0 Å². The van der Waals surface area contributed by atoms with Crippen LogP contribution in [0.5, 0.6) is 5.88 Å². The highest BCUT2D eigenvalue weighted by Gasteiger charge is 2.26. The van der Waals surface area contributed by atoms with Gasteiger partial charge in [0, 0.05) is 19.0 Å². The van der Waals surface area contributed by atoms with Gasteiger partial charge in [-0.15, -0.1) is 5.10 Å². The van der Waals surface area contributed by atoms with E-state index in [0.29, 0.717) is 24.8 Å². The van der Waals surface area contributed by atoms with Gasteiger partial charge in [0.1, 0.15) is 6.10 Å². The van der Waals surface area contributed by atoms with Crippen molar-refractivity contribution in [1.82, 2.24) is 15.1 Å². The molecule has 5 heteroatoms. The van der Waals surface area contributed by atoms with E-state index in [1.165, 1.54) is 25.7 Å². The Balaban J connectivity index is 1.46. The van der Waals surface area contributed by atoms with Crippen LogP contribution in [0.1, 0.15) is 57.1 Å². The number of aryl methyl sites for hydroxylation is 1. The highest BCUT2D eigenvalue weighted by molar-refractivity contribution is 5.76. The summed E-state index contributed by atoms with van der Waals surface area (Å²) in [5.41, 5.74) is 0.879. The molecule has 1 aromatic rings. The number of carbonyl (C=O) groups is 1. The molecule has 1 aliphatic carbocycles. The first-order valence-corrected chi connectivity index (χ1v) is 8.95. The second-order valence-electron chi connectivity index (χ2n) is 6.92. The minimum absolute atomic E-state index is 0.0381. The first-order chi connectivity index (χ1) is 11.2. The monoisotopic (exact) mass is 317 g/mol. The maximum absolute atomic E-state index is 12.4. The number of hydrogen-bond acceptors (Lipinski definition) is 4. The molecule has 0 N–H and O–H groups in total. The maximum Gasteiger partial charge on any atom is 0.233 e. The van der Waals surface area contributed by atoms with Crippen molar-refractivity contribution in [2.75, 3.05) is 13.1 Å². The van der Waals surface area contributed by atoms with Crippen LogP contribution in [0.4, 0.5) is 0 Å². The number of hydrogen-bond donors (Lipinski definition) is 0. The second-order valence-corrected chi connectivity index (χ2v) is 6.92. The fourth-order valence-electron chi connectivity index (χ4n) is 3.67. The Morgan fingerprint density at radius 1 is 1.22 bits per heavy atom. The quantitative estimate of drug-likeness (QED) is 0.837. The molecule has 1 amide bonds. The number of rotatable bonds is 5. The second kappa shape index (κ2) is 7.75. The molecule has 2 aliphatic rings. The third-order valence-corrected chi connectivity index (χ3v) is 5.03. The molecule has 1 aromatic heterocycles. The topological polar surface area (TPSA) is 55.3 Å². The van der Waals surface area contributed by atoms with Crippen molar-refractivity contribution in [1.29, 1.82) is 0 Å². The van der Waals surface area contributed by atoms with E-state index >= 15 is 0 Å². The lowest BCUT2D eigenvalue weighted by Crippen LogP contribution is -2.44. The molecule has 0 spiro atoms. The van der Waals surface area contributed by atoms with Crippen LogP contribution in [0.3, 0.4) is 0 Å². The summed E-state index contributed by atoms with van der Waals surface area (Å²) in [6, 6.07) is 3.75. The Kier molecular flexibility index (Phi) is 5.47. The third-order valence-electron chi connectivity index (χ3n) is 5.03. The van der Waals surface area contributed by atoms with E-state index in [-0.39, 0.29) is 6.10 Å². The number of ether oxygens (including phenoxy) is 1. The number of aromatic nitrogens is 2. The van der Waals surface area contributed by atoms with Crippen molar-refractivity contribution < 1.29 is 9.53 Å². The molecule has 3 rings (SSSR count). The summed E-state index contributed by atoms with van der Waals surface area (Å²) in [7, 11) is 0. The third kappa shape index (κ3) is 4.66. The zero-order valence-corrected chi connectivity index (χ0v) is 14.0. The van der Waals surface area contributed by atoms with Gasteiger partial charge in [0.25, 0.3) is 0 Å². The van der Waals surface area contributed by atoms with Gasteiger partial charge in [0.05, 0.1) is 12.2 Å². The molecule has 1 saturated heterocycles. The molecule has 23 heavy (non-hydrogen) atoms. The van der Waals surface area contributed by atoms with Crippen LogP contribution < -0.4 is 4.74 Å². The van der Waals surface area contributed by atoms with Crippen LogP contribution in [0, 0.1) is 12.8 Å². The summed E-state index contributed by atoms with van der Waals surface area (Å²) in [6.07, 6.45) is 9.08. The molecule has 0 bridgehead atoms. The Bertz CT molecular complexity index is 512. The van der Waals surface area contributed by atoms with Crippen LogP contribution in [-0.2, 0) is 4.79 Å². The highest BCUT2D eigenvalue weighted by Crippen LogP contribution is 2.29. The van der Waals surface area contributed by atoms with Crippen molar-refractivity contribution in [3.63, 3.8) is 0 Å². The van der Waals surface area contributed by atoms with Crippen molar-refractivity contribution in [3.05, 3.63) is 17.8 Å². The van der Waals surface area contributed by atoms with E-state index < -0.39 is 0 Å². The van der Waals surface area contributed by atoms with E-state index in [2.05, 4.69) is 10.2 Å². The fourth-order valence-corrected chi connectivity index (χ4v) is 3.67. The number of carbonyl (C=O) groups excluding carboxylic acids is 1. The van der Waals surface area contributed by atoms with Gasteiger partial charge in [-0.25, -0.2) is 0 Å². The molecule has 5 nitrogen and oxygen atoms in total. The molecule has 1 aliphatic heterocycles. The molecular formula is C18H27N3O2. The van der Waals surface area contributed by atoms with E-state index in [4.69, 9.17) is 4.74 Å². The zero-order chi connectivity index (χ0) is 16.1. The molecule has 1 saturated carbocycles. The number of nitrogens with zero attached hydrogens (tertiary/aromatic N) is 3. The van der Waals surface area contributed by atoms with Gasteiger partial charge in [-0.2, -0.15) is 5.10 Å². The van der Waals surface area contributed by atoms with Crippen molar-refractivity contribution in [3.8, 4) is 5.88 Å². The van der Waals surface area contributed by atoms with E-state index in [9.17, 15) is 4.79 Å². The summed E-state index contributed by atoms with van der Waals surface area (Å²) in [5.74, 6) is 1.62. The predicted octanol–water partition coefficient (Wildman–Crippen LogP) is 3.13. The lowest BCUT2D eigenvalue weighted by atomic mass is 10.0. The summed E-state index contributed by atoms with van der Waals surface area (Å²) < 4.78 is 5.90. The largest absolute Gasteiger partial charge is 0.471 e. The highest BCUT2D eigenvalue weighted by atomic mass is 16.5. The summed E-state index contributed by atoms with van der Waals surface area (Å²) >= 11 is 0. The first-order valence-electron chi connectivity index (χ1n) is 8.95. The molecule has 0 aromatic carbocycles. The number of amides is 1. The van der Waals surface area contributed by atoms with Gasteiger partial charge in [0.2, 0.25) is 11.8 Å². The molecular weight excluding hydrogens is 290 g/mol. The van der Waals surface area contributed by atoms with Crippen LogP contribution in [0.2, 0.25) is 0 Å². The minimum atomic E-state index is 0.0381. The van der Waals surface area contributed by atoms with E-state index in [0.717, 1.165) is 37.4 Å². The van der Waals surface area contributed by atoms with Crippen molar-refractivity contribution in [2.24, 2.45) is 5.92 Å². The van der Waals surface area contributed by atoms with Gasteiger partial charge >= 0.3 is 0 Å². The van der Waals surface area contributed by atoms with Gasteiger partial charge in [-0.1, -0.05) is 25.7 Å². The number of likely N-dealkylation sites (tertiary alicyclic amines) is 1.